The van der Waals surface area contributed by atoms with E-state index in [2.05, 4.69) is 0 Å². The van der Waals surface area contributed by atoms with Crippen LogP contribution in [0.4, 0.5) is 0 Å². The second kappa shape index (κ2) is 4.18. The molecule has 12 heavy (non-hydrogen) atoms. The lowest BCUT2D eigenvalue weighted by molar-refractivity contribution is 0.253. The zero-order valence-electron chi connectivity index (χ0n) is 6.39. The topological polar surface area (TPSA) is 12.5 Å². The van der Waals surface area contributed by atoms with E-state index in [0.717, 1.165) is 5.09 Å². The van der Waals surface area contributed by atoms with Gasteiger partial charge in [-0.3, -0.25) is 0 Å². The van der Waals surface area contributed by atoms with Gasteiger partial charge in [-0.15, -0.1) is 0 Å². The summed E-state index contributed by atoms with van der Waals surface area (Å²) in [6.07, 6.45) is 1.71. The Morgan fingerprint density at radius 2 is 2.33 bits per heavy atom. The predicted molar refractivity (Wildman–Crippen MR) is 54.3 cm³/mol. The Kier molecular flexibility index (Phi) is 3.71. The van der Waals surface area contributed by atoms with Crippen molar-refractivity contribution in [2.24, 2.45) is 0 Å². The highest BCUT2D eigenvalue weighted by Crippen LogP contribution is 2.38. The highest BCUT2D eigenvalue weighted by atomic mass is 35.6. The number of nitrogens with zero attached hydrogens (tertiary/aromatic N) is 1. The molecule has 0 bridgehead atoms. The summed E-state index contributed by atoms with van der Waals surface area (Å²) in [5, 5.41) is 0.795. The summed E-state index contributed by atoms with van der Waals surface area (Å²) in [7, 11) is 0. The van der Waals surface area contributed by atoms with Crippen LogP contribution in [-0.4, -0.2) is 21.3 Å². The third-order valence-corrected chi connectivity index (χ3v) is 2.79. The van der Waals surface area contributed by atoms with E-state index in [1.54, 1.807) is 11.1 Å². The third-order valence-electron chi connectivity index (χ3n) is 1.22. The van der Waals surface area contributed by atoms with E-state index in [1.807, 2.05) is 6.92 Å². The molecule has 0 aromatic carbocycles. The van der Waals surface area contributed by atoms with Gasteiger partial charge < -0.3 is 9.64 Å². The molecule has 0 aromatic rings. The fourth-order valence-corrected chi connectivity index (χ4v) is 2.18. The van der Waals surface area contributed by atoms with Crippen molar-refractivity contribution in [3.8, 4) is 0 Å². The van der Waals surface area contributed by atoms with E-state index >= 15 is 0 Å². The molecule has 2 nitrogen and oxygen atoms in total. The highest BCUT2D eigenvalue weighted by Gasteiger charge is 2.31. The minimum absolute atomic E-state index is 0.617. The summed E-state index contributed by atoms with van der Waals surface area (Å²) in [4.78, 5) is 1.59. The molecule has 0 radical (unpaired) electrons. The average Bonchev–Trinajstić information content (AvgIpc) is 2.35. The molecule has 0 atom stereocenters. The van der Waals surface area contributed by atoms with Crippen molar-refractivity contribution >= 4 is 46.6 Å². The summed E-state index contributed by atoms with van der Waals surface area (Å²) < 4.78 is 3.87. The minimum Gasteiger partial charge on any atom is -0.486 e. The Bertz CT molecular complexity index is 192. The molecule has 0 fully saturated rings. The van der Waals surface area contributed by atoms with E-state index in [0.29, 0.717) is 12.5 Å². The molecule has 0 saturated heterocycles. The fraction of sp³-hybridized carbons (Fsp3) is 0.667. The van der Waals surface area contributed by atoms with Gasteiger partial charge in [0.1, 0.15) is 0 Å². The monoisotopic (exact) mass is 247 g/mol. The van der Waals surface area contributed by atoms with E-state index in [9.17, 15) is 0 Å². The van der Waals surface area contributed by atoms with Crippen LogP contribution in [-0.2, 0) is 4.74 Å². The first kappa shape index (κ1) is 10.6. The third kappa shape index (κ3) is 2.80. The van der Waals surface area contributed by atoms with Crippen LogP contribution < -0.4 is 0 Å². The molecule has 1 rings (SSSR count). The lowest BCUT2D eigenvalue weighted by atomic mass is 10.8. The van der Waals surface area contributed by atoms with Gasteiger partial charge in [-0.2, -0.15) is 0 Å². The quantitative estimate of drug-likeness (QED) is 0.550. The maximum absolute atomic E-state index is 5.65. The molecule has 0 spiro atoms. The molecule has 0 saturated carbocycles. The van der Waals surface area contributed by atoms with Crippen molar-refractivity contribution in [3.63, 3.8) is 0 Å². The number of alkyl halides is 3. The Morgan fingerprint density at radius 1 is 1.67 bits per heavy atom. The summed E-state index contributed by atoms with van der Waals surface area (Å²) in [6, 6.07) is 0. The molecule has 1 heterocycles. The van der Waals surface area contributed by atoms with Gasteiger partial charge in [-0.1, -0.05) is 46.6 Å². The second-order valence-electron chi connectivity index (χ2n) is 2.09. The smallest absolute Gasteiger partial charge is 0.268 e. The molecule has 70 valence electrons. The van der Waals surface area contributed by atoms with E-state index in [-0.39, 0.29) is 0 Å². The van der Waals surface area contributed by atoms with Gasteiger partial charge in [0.15, 0.2) is 5.09 Å². The predicted octanol–water partition coefficient (Wildman–Crippen LogP) is 3.16. The molecule has 0 aromatic heterocycles. The van der Waals surface area contributed by atoms with Crippen molar-refractivity contribution < 1.29 is 4.74 Å². The normalized spacial score (nSPS) is 18.0. The molecule has 0 unspecified atom stereocenters. The van der Waals surface area contributed by atoms with Crippen molar-refractivity contribution in [2.75, 3.05) is 12.5 Å². The SMILES string of the molecule is CCOC1=CN(C(Cl)(Cl)Cl)CS1. The molecule has 1 aliphatic heterocycles. The largest absolute Gasteiger partial charge is 0.486 e. The van der Waals surface area contributed by atoms with Crippen LogP contribution in [0.1, 0.15) is 6.92 Å². The fourth-order valence-electron chi connectivity index (χ4n) is 0.703. The lowest BCUT2D eigenvalue weighted by Crippen LogP contribution is -2.27. The van der Waals surface area contributed by atoms with Crippen molar-refractivity contribution in [2.45, 2.75) is 10.8 Å². The Morgan fingerprint density at radius 3 is 2.75 bits per heavy atom. The zero-order chi connectivity index (χ0) is 9.19. The van der Waals surface area contributed by atoms with Crippen LogP contribution >= 0.6 is 46.6 Å². The number of thioether (sulfide) groups is 1. The first-order chi connectivity index (χ1) is 5.54. The Hall–Kier alpha value is 0.560. The van der Waals surface area contributed by atoms with Crippen molar-refractivity contribution in [1.29, 1.82) is 0 Å². The highest BCUT2D eigenvalue weighted by molar-refractivity contribution is 8.03. The van der Waals surface area contributed by atoms with Crippen LogP contribution in [0.15, 0.2) is 11.3 Å². The molecule has 0 amide bonds. The first-order valence-corrected chi connectivity index (χ1v) is 5.47. The first-order valence-electron chi connectivity index (χ1n) is 3.35. The van der Waals surface area contributed by atoms with Crippen molar-refractivity contribution in [3.05, 3.63) is 11.3 Å². The zero-order valence-corrected chi connectivity index (χ0v) is 9.47. The minimum atomic E-state index is -1.37. The van der Waals surface area contributed by atoms with Crippen LogP contribution in [0.3, 0.4) is 0 Å². The van der Waals surface area contributed by atoms with Crippen molar-refractivity contribution in [1.82, 2.24) is 4.90 Å². The van der Waals surface area contributed by atoms with Crippen LogP contribution in [0.25, 0.3) is 0 Å². The Labute approximate surface area is 90.8 Å². The van der Waals surface area contributed by atoms with Gasteiger partial charge in [0.05, 0.1) is 18.7 Å². The van der Waals surface area contributed by atoms with Gasteiger partial charge in [0.2, 0.25) is 0 Å². The average molecular weight is 249 g/mol. The molecular weight excluding hydrogens is 240 g/mol. The number of ether oxygens (including phenoxy) is 1. The number of rotatable bonds is 2. The second-order valence-corrected chi connectivity index (χ2v) is 5.26. The van der Waals surface area contributed by atoms with E-state index in [4.69, 9.17) is 39.5 Å². The van der Waals surface area contributed by atoms with Gasteiger partial charge in [-0.25, -0.2) is 0 Å². The summed E-state index contributed by atoms with van der Waals surface area (Å²) >= 11 is 18.5. The van der Waals surface area contributed by atoms with E-state index < -0.39 is 3.92 Å². The molecule has 0 aliphatic carbocycles. The number of halogens is 3. The Balaban J connectivity index is 2.53. The van der Waals surface area contributed by atoms with Gasteiger partial charge in [-0.05, 0) is 6.92 Å². The van der Waals surface area contributed by atoms with Gasteiger partial charge >= 0.3 is 0 Å². The molecule has 1 aliphatic rings. The molecule has 0 N–H and O–H groups in total. The maximum Gasteiger partial charge on any atom is 0.268 e. The lowest BCUT2D eigenvalue weighted by Gasteiger charge is -2.22. The van der Waals surface area contributed by atoms with Crippen LogP contribution in [0, 0.1) is 0 Å². The van der Waals surface area contributed by atoms with E-state index in [1.165, 1.54) is 11.8 Å². The standard InChI is InChI=1S/C6H8Cl3NOS/c1-2-11-5-3-10(4-12-5)6(7,8)9/h3H,2,4H2,1H3. The maximum atomic E-state index is 5.65. The molecular formula is C6H8Cl3NOS. The van der Waals surface area contributed by atoms with Crippen LogP contribution in [0.5, 0.6) is 0 Å². The summed E-state index contributed by atoms with van der Waals surface area (Å²) in [6.45, 7) is 2.55. The summed E-state index contributed by atoms with van der Waals surface area (Å²) in [5.41, 5.74) is 0. The summed E-state index contributed by atoms with van der Waals surface area (Å²) in [5.74, 6) is 0.617. The van der Waals surface area contributed by atoms with Gasteiger partial charge in [0, 0.05) is 0 Å². The number of hydrogen-bond donors (Lipinski definition) is 0. The van der Waals surface area contributed by atoms with Crippen LogP contribution in [0.2, 0.25) is 0 Å². The van der Waals surface area contributed by atoms with Gasteiger partial charge in [0.25, 0.3) is 3.92 Å². The molecule has 6 heteroatoms. The number of hydrogen-bond acceptors (Lipinski definition) is 3.